The Bertz CT molecular complexity index is 917. The number of sulfonamides is 1. The number of benzene rings is 2. The van der Waals surface area contributed by atoms with Gasteiger partial charge in [-0.3, -0.25) is 4.79 Å². The Labute approximate surface area is 146 Å². The van der Waals surface area contributed by atoms with Crippen LogP contribution in [0, 0.1) is 13.8 Å². The quantitative estimate of drug-likeness (QED) is 0.650. The van der Waals surface area contributed by atoms with Crippen molar-refractivity contribution in [1.29, 1.82) is 0 Å². The van der Waals surface area contributed by atoms with Crippen LogP contribution < -0.4 is 5.14 Å². The normalized spacial score (nSPS) is 12.5. The van der Waals surface area contributed by atoms with Crippen LogP contribution in [0.25, 0.3) is 0 Å². The summed E-state index contributed by atoms with van der Waals surface area (Å²) < 4.78 is 27.6. The summed E-state index contributed by atoms with van der Waals surface area (Å²) in [6.07, 6.45) is -0.965. The smallest absolute Gasteiger partial charge is 0.338 e. The fraction of sp³-hybridized carbons (Fsp3) is 0.222. The first-order valence-electron chi connectivity index (χ1n) is 7.55. The van der Waals surface area contributed by atoms with E-state index in [1.165, 1.54) is 31.2 Å². The van der Waals surface area contributed by atoms with E-state index in [0.29, 0.717) is 5.56 Å². The Morgan fingerprint density at radius 2 is 1.52 bits per heavy atom. The Balaban J connectivity index is 2.11. The molecule has 0 aliphatic heterocycles. The Hall–Kier alpha value is -2.51. The third-order valence-corrected chi connectivity index (χ3v) is 4.79. The van der Waals surface area contributed by atoms with Gasteiger partial charge in [0.15, 0.2) is 6.10 Å². The number of hydrogen-bond acceptors (Lipinski definition) is 5. The highest BCUT2D eigenvalue weighted by Crippen LogP contribution is 2.15. The largest absolute Gasteiger partial charge is 0.451 e. The molecule has 0 spiro atoms. The van der Waals surface area contributed by atoms with Gasteiger partial charge in [-0.05, 0) is 62.2 Å². The van der Waals surface area contributed by atoms with Crippen molar-refractivity contribution in [3.05, 3.63) is 64.7 Å². The summed E-state index contributed by atoms with van der Waals surface area (Å²) in [6.45, 7) is 5.34. The van der Waals surface area contributed by atoms with Crippen LogP contribution in [0.1, 0.15) is 38.8 Å². The van der Waals surface area contributed by atoms with Crippen molar-refractivity contribution < 1.29 is 22.7 Å². The molecule has 132 valence electrons. The highest BCUT2D eigenvalue weighted by Gasteiger charge is 2.21. The molecule has 0 fully saturated rings. The average molecular weight is 361 g/mol. The molecule has 0 saturated carbocycles. The molecule has 2 aromatic rings. The van der Waals surface area contributed by atoms with Gasteiger partial charge in [0.2, 0.25) is 15.8 Å². The highest BCUT2D eigenvalue weighted by atomic mass is 32.2. The van der Waals surface area contributed by atoms with Gasteiger partial charge < -0.3 is 4.74 Å². The molecule has 25 heavy (non-hydrogen) atoms. The van der Waals surface area contributed by atoms with Crippen LogP contribution in [0.2, 0.25) is 0 Å². The van der Waals surface area contributed by atoms with Gasteiger partial charge in [0.1, 0.15) is 0 Å². The predicted octanol–water partition coefficient (Wildman–Crippen LogP) is 2.38. The Morgan fingerprint density at radius 1 is 0.960 bits per heavy atom. The topological polar surface area (TPSA) is 104 Å². The van der Waals surface area contributed by atoms with E-state index in [0.717, 1.165) is 11.1 Å². The van der Waals surface area contributed by atoms with E-state index in [4.69, 9.17) is 9.88 Å². The van der Waals surface area contributed by atoms with Crippen molar-refractivity contribution in [2.75, 3.05) is 0 Å². The van der Waals surface area contributed by atoms with Crippen molar-refractivity contribution in [2.24, 2.45) is 5.14 Å². The van der Waals surface area contributed by atoms with Crippen LogP contribution in [0.4, 0.5) is 0 Å². The second-order valence-electron chi connectivity index (χ2n) is 5.78. The average Bonchev–Trinajstić information content (AvgIpc) is 2.56. The summed E-state index contributed by atoms with van der Waals surface area (Å²) in [5.41, 5.74) is 2.64. The zero-order valence-electron chi connectivity index (χ0n) is 14.1. The minimum Gasteiger partial charge on any atom is -0.451 e. The summed E-state index contributed by atoms with van der Waals surface area (Å²) >= 11 is 0. The molecular weight excluding hydrogens is 342 g/mol. The molecule has 0 aromatic heterocycles. The first kappa shape index (κ1) is 18.8. The van der Waals surface area contributed by atoms with Gasteiger partial charge in [0, 0.05) is 5.56 Å². The molecular formula is C18H19NO5S. The van der Waals surface area contributed by atoms with Gasteiger partial charge >= 0.3 is 5.97 Å². The lowest BCUT2D eigenvalue weighted by atomic mass is 10.0. The van der Waals surface area contributed by atoms with E-state index in [1.807, 2.05) is 19.9 Å². The van der Waals surface area contributed by atoms with Crippen LogP contribution >= 0.6 is 0 Å². The molecule has 2 rings (SSSR count). The molecule has 0 amide bonds. The molecule has 2 aromatic carbocycles. The van der Waals surface area contributed by atoms with Gasteiger partial charge in [-0.2, -0.15) is 0 Å². The van der Waals surface area contributed by atoms with Crippen molar-refractivity contribution in [3.63, 3.8) is 0 Å². The molecule has 0 bridgehead atoms. The lowest BCUT2D eigenvalue weighted by molar-refractivity contribution is 0.0318. The van der Waals surface area contributed by atoms with Gasteiger partial charge in [-0.1, -0.05) is 12.1 Å². The van der Waals surface area contributed by atoms with Crippen LogP contribution in [0.5, 0.6) is 0 Å². The Morgan fingerprint density at radius 3 is 2.04 bits per heavy atom. The molecule has 0 saturated heterocycles. The monoisotopic (exact) mass is 361 g/mol. The van der Waals surface area contributed by atoms with Gasteiger partial charge in [-0.25, -0.2) is 18.4 Å². The molecule has 0 heterocycles. The SMILES string of the molecule is Cc1ccc(C(=O)[C@H](C)OC(=O)c2ccc(S(N)(=O)=O)cc2)cc1C. The van der Waals surface area contributed by atoms with E-state index < -0.39 is 22.1 Å². The van der Waals surface area contributed by atoms with Crippen LogP contribution in [0.15, 0.2) is 47.4 Å². The van der Waals surface area contributed by atoms with Crippen LogP contribution in [-0.4, -0.2) is 26.3 Å². The summed E-state index contributed by atoms with van der Waals surface area (Å²) in [5, 5.41) is 5.00. The van der Waals surface area contributed by atoms with E-state index in [-0.39, 0.29) is 16.2 Å². The molecule has 1 atom stereocenters. The molecule has 0 unspecified atom stereocenters. The third-order valence-electron chi connectivity index (χ3n) is 3.86. The van der Waals surface area contributed by atoms with Crippen molar-refractivity contribution in [2.45, 2.75) is 31.8 Å². The standard InChI is InChI=1S/C18H19NO5S/c1-11-4-5-15(10-12(11)2)17(20)13(3)24-18(21)14-6-8-16(9-7-14)25(19,22)23/h4-10,13H,1-3H3,(H2,19,22,23)/t13-/m0/s1. The summed E-state index contributed by atoms with van der Waals surface area (Å²) in [4.78, 5) is 24.4. The van der Waals surface area contributed by atoms with Crippen LogP contribution in [0.3, 0.4) is 0 Å². The number of primary sulfonamides is 1. The zero-order valence-corrected chi connectivity index (χ0v) is 15.0. The van der Waals surface area contributed by atoms with E-state index >= 15 is 0 Å². The number of carbonyl (C=O) groups is 2. The van der Waals surface area contributed by atoms with Crippen molar-refractivity contribution in [3.8, 4) is 0 Å². The molecule has 7 heteroatoms. The number of carbonyl (C=O) groups excluding carboxylic acids is 2. The van der Waals surface area contributed by atoms with Crippen molar-refractivity contribution >= 4 is 21.8 Å². The lowest BCUT2D eigenvalue weighted by Crippen LogP contribution is -2.24. The maximum Gasteiger partial charge on any atom is 0.338 e. The third kappa shape index (κ3) is 4.52. The molecule has 0 aliphatic rings. The van der Waals surface area contributed by atoms with E-state index in [1.54, 1.807) is 12.1 Å². The molecule has 2 N–H and O–H groups in total. The van der Waals surface area contributed by atoms with E-state index in [2.05, 4.69) is 0 Å². The molecule has 6 nitrogen and oxygen atoms in total. The Kier molecular flexibility index (Phi) is 5.39. The number of hydrogen-bond donors (Lipinski definition) is 1. The second-order valence-corrected chi connectivity index (χ2v) is 7.34. The maximum atomic E-state index is 12.4. The van der Waals surface area contributed by atoms with Crippen molar-refractivity contribution in [1.82, 2.24) is 0 Å². The number of nitrogens with two attached hydrogens (primary N) is 1. The summed E-state index contributed by atoms with van der Waals surface area (Å²) in [6, 6.07) is 10.3. The number of ether oxygens (including phenoxy) is 1. The zero-order chi connectivity index (χ0) is 18.8. The first-order valence-corrected chi connectivity index (χ1v) is 9.09. The number of aryl methyl sites for hydroxylation is 2. The minimum atomic E-state index is -3.83. The first-order chi connectivity index (χ1) is 11.6. The number of Topliss-reactive ketones (excluding diaryl/α,β-unsaturated/α-hetero) is 1. The minimum absolute atomic E-state index is 0.108. The maximum absolute atomic E-state index is 12.4. The second kappa shape index (κ2) is 7.16. The predicted molar refractivity (Wildman–Crippen MR) is 92.9 cm³/mol. The number of ketones is 1. The molecule has 0 aliphatic carbocycles. The van der Waals surface area contributed by atoms with E-state index in [9.17, 15) is 18.0 Å². The lowest BCUT2D eigenvalue weighted by Gasteiger charge is -2.13. The van der Waals surface area contributed by atoms with Gasteiger partial charge in [0.25, 0.3) is 0 Å². The molecule has 0 radical (unpaired) electrons. The fourth-order valence-corrected chi connectivity index (χ4v) is 2.71. The number of rotatable bonds is 5. The van der Waals surface area contributed by atoms with Gasteiger partial charge in [0.05, 0.1) is 10.5 Å². The highest BCUT2D eigenvalue weighted by molar-refractivity contribution is 7.89. The fourth-order valence-electron chi connectivity index (χ4n) is 2.19. The number of esters is 1. The summed E-state index contributed by atoms with van der Waals surface area (Å²) in [5.74, 6) is -1.02. The van der Waals surface area contributed by atoms with Gasteiger partial charge in [-0.15, -0.1) is 0 Å². The summed E-state index contributed by atoms with van der Waals surface area (Å²) in [7, 11) is -3.83. The van der Waals surface area contributed by atoms with Crippen LogP contribution in [-0.2, 0) is 14.8 Å².